The highest BCUT2D eigenvalue weighted by Crippen LogP contribution is 2.38. The van der Waals surface area contributed by atoms with E-state index in [2.05, 4.69) is 27.0 Å². The summed E-state index contributed by atoms with van der Waals surface area (Å²) in [6.07, 6.45) is 1.81. The highest BCUT2D eigenvalue weighted by Gasteiger charge is 2.16. The number of nitrogens with zero attached hydrogens (tertiary/aromatic N) is 2. The Labute approximate surface area is 144 Å². The Hall–Kier alpha value is -2.36. The second kappa shape index (κ2) is 5.69. The maximum Gasteiger partial charge on any atom is 0.231 e. The molecule has 0 radical (unpaired) electrons. The summed E-state index contributed by atoms with van der Waals surface area (Å²) in [7, 11) is 0. The average molecular weight is 385 g/mol. The summed E-state index contributed by atoms with van der Waals surface area (Å²) in [5.74, 6) is 1.38. The third-order valence-corrected chi connectivity index (χ3v) is 5.19. The molecule has 2 aromatic carbocycles. The molecule has 112 valence electrons. The molecule has 4 nitrogen and oxygen atoms in total. The molecule has 0 aliphatic carbocycles. The standard InChI is InChI=1S/C17H9BrN2O2S/c18-12-7-15-14(21-9-22-15)6-10(12)5-11(8-19)17-20-13-3-1-2-4-16(13)23-17/h1-7H,9H2/b11-5+. The average Bonchev–Trinajstić information content (AvgIpc) is 3.18. The van der Waals surface area contributed by atoms with Crippen molar-refractivity contribution >= 4 is 49.1 Å². The van der Waals surface area contributed by atoms with Crippen molar-refractivity contribution in [3.8, 4) is 17.6 Å². The first-order chi connectivity index (χ1) is 11.2. The number of rotatable bonds is 2. The number of halogens is 1. The molecule has 0 fully saturated rings. The van der Waals surface area contributed by atoms with Gasteiger partial charge in [-0.15, -0.1) is 11.3 Å². The number of aromatic nitrogens is 1. The lowest BCUT2D eigenvalue weighted by molar-refractivity contribution is 0.174. The lowest BCUT2D eigenvalue weighted by Crippen LogP contribution is -1.92. The first-order valence-corrected chi connectivity index (χ1v) is 8.42. The minimum Gasteiger partial charge on any atom is -0.454 e. The number of para-hydroxylation sites is 1. The van der Waals surface area contributed by atoms with Gasteiger partial charge in [-0.2, -0.15) is 5.26 Å². The zero-order chi connectivity index (χ0) is 15.8. The van der Waals surface area contributed by atoms with E-state index in [0.717, 1.165) is 20.3 Å². The zero-order valence-corrected chi connectivity index (χ0v) is 14.1. The minimum absolute atomic E-state index is 0.220. The first-order valence-electron chi connectivity index (χ1n) is 6.81. The van der Waals surface area contributed by atoms with E-state index in [-0.39, 0.29) is 6.79 Å². The molecule has 1 aliphatic heterocycles. The highest BCUT2D eigenvalue weighted by molar-refractivity contribution is 9.10. The van der Waals surface area contributed by atoms with Crippen molar-refractivity contribution in [3.63, 3.8) is 0 Å². The van der Waals surface area contributed by atoms with Crippen LogP contribution < -0.4 is 9.47 Å². The Balaban J connectivity index is 1.80. The predicted octanol–water partition coefficient (Wildman–Crippen LogP) is 4.85. The highest BCUT2D eigenvalue weighted by atomic mass is 79.9. The van der Waals surface area contributed by atoms with Crippen LogP contribution >= 0.6 is 27.3 Å². The van der Waals surface area contributed by atoms with E-state index in [9.17, 15) is 5.26 Å². The normalized spacial score (nSPS) is 13.3. The molecule has 0 unspecified atom stereocenters. The third-order valence-electron chi connectivity index (χ3n) is 3.44. The van der Waals surface area contributed by atoms with Gasteiger partial charge < -0.3 is 9.47 Å². The summed E-state index contributed by atoms with van der Waals surface area (Å²) in [4.78, 5) is 4.54. The summed E-state index contributed by atoms with van der Waals surface area (Å²) in [5.41, 5.74) is 2.27. The van der Waals surface area contributed by atoms with Crippen molar-refractivity contribution in [2.24, 2.45) is 0 Å². The smallest absolute Gasteiger partial charge is 0.231 e. The molecule has 0 amide bonds. The second-order valence-electron chi connectivity index (χ2n) is 4.88. The van der Waals surface area contributed by atoms with Gasteiger partial charge in [0.2, 0.25) is 6.79 Å². The van der Waals surface area contributed by atoms with E-state index in [1.54, 1.807) is 0 Å². The quantitative estimate of drug-likeness (QED) is 0.592. The second-order valence-corrected chi connectivity index (χ2v) is 6.77. The van der Waals surface area contributed by atoms with E-state index in [4.69, 9.17) is 9.47 Å². The number of fused-ring (bicyclic) bond motifs is 2. The van der Waals surface area contributed by atoms with Gasteiger partial charge in [0.25, 0.3) is 0 Å². The van der Waals surface area contributed by atoms with Crippen LogP contribution in [0.2, 0.25) is 0 Å². The van der Waals surface area contributed by atoms with Crippen molar-refractivity contribution in [2.45, 2.75) is 0 Å². The largest absolute Gasteiger partial charge is 0.454 e. The first kappa shape index (κ1) is 14.2. The summed E-state index contributed by atoms with van der Waals surface area (Å²) in [6.45, 7) is 0.220. The van der Waals surface area contributed by atoms with Crippen LogP contribution in [0.1, 0.15) is 10.6 Å². The van der Waals surface area contributed by atoms with E-state index in [0.29, 0.717) is 22.1 Å². The Bertz CT molecular complexity index is 955. The molecule has 6 heteroatoms. The Morgan fingerprint density at radius 2 is 2.04 bits per heavy atom. The molecule has 0 atom stereocenters. The molecule has 0 spiro atoms. The molecule has 0 N–H and O–H groups in total. The van der Waals surface area contributed by atoms with E-state index < -0.39 is 0 Å². The van der Waals surface area contributed by atoms with E-state index >= 15 is 0 Å². The van der Waals surface area contributed by atoms with Crippen LogP contribution in [0.3, 0.4) is 0 Å². The van der Waals surface area contributed by atoms with Crippen molar-refractivity contribution in [2.75, 3.05) is 6.79 Å². The van der Waals surface area contributed by atoms with Gasteiger partial charge in [-0.25, -0.2) is 4.98 Å². The Kier molecular flexibility index (Phi) is 3.52. The molecule has 4 rings (SSSR count). The van der Waals surface area contributed by atoms with E-state index in [1.165, 1.54) is 11.3 Å². The number of nitriles is 1. The minimum atomic E-state index is 0.220. The SMILES string of the molecule is N#C/C(=C\c1cc2c(cc1Br)OCO2)c1nc2ccccc2s1. The number of benzene rings is 2. The predicted molar refractivity (Wildman–Crippen MR) is 93.4 cm³/mol. The fraction of sp³-hybridized carbons (Fsp3) is 0.0588. The molecule has 0 saturated heterocycles. The summed E-state index contributed by atoms with van der Waals surface area (Å²) < 4.78 is 12.6. The maximum atomic E-state index is 9.53. The Morgan fingerprint density at radius 3 is 2.83 bits per heavy atom. The number of thiazole rings is 1. The van der Waals surface area contributed by atoms with Crippen LogP contribution in [0.25, 0.3) is 21.9 Å². The number of hydrogen-bond acceptors (Lipinski definition) is 5. The van der Waals surface area contributed by atoms with Crippen LogP contribution in [0.5, 0.6) is 11.5 Å². The zero-order valence-electron chi connectivity index (χ0n) is 11.7. The fourth-order valence-electron chi connectivity index (χ4n) is 2.33. The lowest BCUT2D eigenvalue weighted by Gasteiger charge is -2.02. The van der Waals surface area contributed by atoms with Crippen LogP contribution in [0.15, 0.2) is 40.9 Å². The van der Waals surface area contributed by atoms with Crippen LogP contribution in [0, 0.1) is 11.3 Å². The van der Waals surface area contributed by atoms with Gasteiger partial charge in [-0.05, 0) is 35.9 Å². The van der Waals surface area contributed by atoms with Crippen LogP contribution in [-0.2, 0) is 0 Å². The van der Waals surface area contributed by atoms with Crippen molar-refractivity contribution in [3.05, 3.63) is 51.4 Å². The summed E-state index contributed by atoms with van der Waals surface area (Å²) in [6, 6.07) is 13.8. The topological polar surface area (TPSA) is 55.1 Å². The van der Waals surface area contributed by atoms with Crippen molar-refractivity contribution in [1.29, 1.82) is 5.26 Å². The molecule has 1 aromatic heterocycles. The van der Waals surface area contributed by atoms with Crippen molar-refractivity contribution in [1.82, 2.24) is 4.98 Å². The van der Waals surface area contributed by atoms with Gasteiger partial charge in [0.1, 0.15) is 11.1 Å². The number of hydrogen-bond donors (Lipinski definition) is 0. The Morgan fingerprint density at radius 1 is 1.26 bits per heavy atom. The van der Waals surface area contributed by atoms with Gasteiger partial charge in [0.05, 0.1) is 15.8 Å². The maximum absolute atomic E-state index is 9.53. The van der Waals surface area contributed by atoms with Gasteiger partial charge in [0.15, 0.2) is 11.5 Å². The summed E-state index contributed by atoms with van der Waals surface area (Å²) >= 11 is 5.02. The summed E-state index contributed by atoms with van der Waals surface area (Å²) in [5, 5.41) is 10.2. The number of ether oxygens (including phenoxy) is 2. The monoisotopic (exact) mass is 384 g/mol. The molecule has 23 heavy (non-hydrogen) atoms. The molecule has 3 aromatic rings. The molecule has 0 bridgehead atoms. The van der Waals surface area contributed by atoms with E-state index in [1.807, 2.05) is 42.5 Å². The molecule has 1 aliphatic rings. The fourth-order valence-corrected chi connectivity index (χ4v) is 3.70. The van der Waals surface area contributed by atoms with Gasteiger partial charge in [-0.1, -0.05) is 28.1 Å². The van der Waals surface area contributed by atoms with Gasteiger partial charge in [-0.3, -0.25) is 0 Å². The molecular formula is C17H9BrN2O2S. The molecular weight excluding hydrogens is 376 g/mol. The van der Waals surface area contributed by atoms with Crippen LogP contribution in [0.4, 0.5) is 0 Å². The molecule has 0 saturated carbocycles. The third kappa shape index (κ3) is 2.58. The van der Waals surface area contributed by atoms with Crippen LogP contribution in [-0.4, -0.2) is 11.8 Å². The van der Waals surface area contributed by atoms with Gasteiger partial charge >= 0.3 is 0 Å². The van der Waals surface area contributed by atoms with Gasteiger partial charge in [0, 0.05) is 4.47 Å². The lowest BCUT2D eigenvalue weighted by atomic mass is 10.1. The number of allylic oxidation sites excluding steroid dienone is 1. The molecule has 2 heterocycles. The van der Waals surface area contributed by atoms with Crippen molar-refractivity contribution < 1.29 is 9.47 Å².